The predicted molar refractivity (Wildman–Crippen MR) is 74.4 cm³/mol. The highest BCUT2D eigenvalue weighted by Crippen LogP contribution is 2.20. The molecule has 112 valence electrons. The summed E-state index contributed by atoms with van der Waals surface area (Å²) >= 11 is 0. The molecule has 1 aromatic heterocycles. The van der Waals surface area contributed by atoms with Gasteiger partial charge in [0.25, 0.3) is 15.0 Å². The molecule has 2 rings (SSSR count). The second-order valence-electron chi connectivity index (χ2n) is 4.73. The third kappa shape index (κ3) is 3.16. The van der Waals surface area contributed by atoms with Crippen molar-refractivity contribution in [2.24, 2.45) is 0 Å². The average Bonchev–Trinajstić information content (AvgIpc) is 2.95. The molecule has 8 heteroatoms. The lowest BCUT2D eigenvalue weighted by molar-refractivity contribution is 0.0858. The molecule has 0 radical (unpaired) electrons. The summed E-state index contributed by atoms with van der Waals surface area (Å²) < 4.78 is 29.6. The number of nitrogens with one attached hydrogen (secondary N) is 1. The van der Waals surface area contributed by atoms with Gasteiger partial charge in [-0.3, -0.25) is 4.79 Å². The molecule has 1 saturated heterocycles. The van der Waals surface area contributed by atoms with E-state index in [-0.39, 0.29) is 28.6 Å². The van der Waals surface area contributed by atoms with Crippen LogP contribution in [0, 0.1) is 0 Å². The molecule has 1 amide bonds. The van der Waals surface area contributed by atoms with Crippen molar-refractivity contribution < 1.29 is 17.9 Å². The van der Waals surface area contributed by atoms with Crippen LogP contribution in [0.1, 0.15) is 30.8 Å². The second kappa shape index (κ2) is 5.75. The molecule has 0 bridgehead atoms. The quantitative estimate of drug-likeness (QED) is 0.849. The Hall–Kier alpha value is -1.05. The second-order valence-corrected chi connectivity index (χ2v) is 7.30. The molecule has 0 saturated carbocycles. The third-order valence-corrected chi connectivity index (χ3v) is 4.74. The number of aryl methyl sites for hydroxylation is 1. The number of hydrogen-bond acceptors (Lipinski definition) is 4. The Morgan fingerprint density at radius 3 is 2.80 bits per heavy atom. The van der Waals surface area contributed by atoms with Gasteiger partial charge < -0.3 is 14.6 Å². The molecule has 20 heavy (non-hydrogen) atoms. The van der Waals surface area contributed by atoms with E-state index in [2.05, 4.69) is 5.32 Å². The third-order valence-electron chi connectivity index (χ3n) is 3.42. The van der Waals surface area contributed by atoms with Crippen LogP contribution in [0.3, 0.4) is 0 Å². The molecule has 1 aliphatic heterocycles. The Labute approximate surface area is 122 Å². The Bertz CT molecular complexity index is 611. The lowest BCUT2D eigenvalue weighted by atomic mass is 10.1. The van der Waals surface area contributed by atoms with Crippen LogP contribution in [0.25, 0.3) is 0 Å². The Balaban J connectivity index is 2.23. The highest BCUT2D eigenvalue weighted by Gasteiger charge is 2.27. The minimum Gasteiger partial charge on any atom is -0.376 e. The SMILES string of the molecule is CCn1cc(S(=O)(=O)Cl)cc1C(=O)NC1CCOC1C. The van der Waals surface area contributed by atoms with Crippen molar-refractivity contribution in [2.45, 2.75) is 43.9 Å². The van der Waals surface area contributed by atoms with Crippen molar-refractivity contribution in [1.29, 1.82) is 0 Å². The fraction of sp³-hybridized carbons (Fsp3) is 0.583. The maximum atomic E-state index is 12.2. The van der Waals surface area contributed by atoms with Crippen molar-refractivity contribution in [3.63, 3.8) is 0 Å². The van der Waals surface area contributed by atoms with Gasteiger partial charge in [0.15, 0.2) is 0 Å². The van der Waals surface area contributed by atoms with E-state index in [1.165, 1.54) is 12.3 Å². The van der Waals surface area contributed by atoms with Gasteiger partial charge in [-0.15, -0.1) is 0 Å². The molecule has 1 aliphatic rings. The molecule has 2 heterocycles. The van der Waals surface area contributed by atoms with E-state index in [0.29, 0.717) is 13.2 Å². The highest BCUT2D eigenvalue weighted by atomic mass is 35.7. The smallest absolute Gasteiger partial charge is 0.268 e. The van der Waals surface area contributed by atoms with Crippen LogP contribution in [-0.4, -0.2) is 37.6 Å². The summed E-state index contributed by atoms with van der Waals surface area (Å²) in [6.45, 7) is 4.81. The minimum absolute atomic E-state index is 0.0415. The van der Waals surface area contributed by atoms with Crippen LogP contribution in [0.5, 0.6) is 0 Å². The topological polar surface area (TPSA) is 77.4 Å². The first kappa shape index (κ1) is 15.3. The zero-order valence-electron chi connectivity index (χ0n) is 11.3. The summed E-state index contributed by atoms with van der Waals surface area (Å²) in [7, 11) is 1.47. The van der Waals surface area contributed by atoms with Crippen LogP contribution in [0.15, 0.2) is 17.2 Å². The summed E-state index contributed by atoms with van der Waals surface area (Å²) in [6.07, 6.45) is 2.08. The Kier molecular flexibility index (Phi) is 4.41. The van der Waals surface area contributed by atoms with Gasteiger partial charge in [-0.05, 0) is 26.3 Å². The monoisotopic (exact) mass is 320 g/mol. The van der Waals surface area contributed by atoms with E-state index in [9.17, 15) is 13.2 Å². The van der Waals surface area contributed by atoms with Gasteiger partial charge in [-0.1, -0.05) is 0 Å². The number of halogens is 1. The fourth-order valence-electron chi connectivity index (χ4n) is 2.23. The van der Waals surface area contributed by atoms with E-state index < -0.39 is 9.05 Å². The molecular formula is C12H17ClN2O4S. The molecule has 0 spiro atoms. The van der Waals surface area contributed by atoms with Crippen LogP contribution >= 0.6 is 10.7 Å². The summed E-state index contributed by atoms with van der Waals surface area (Å²) in [5.74, 6) is -0.319. The first-order valence-electron chi connectivity index (χ1n) is 6.40. The molecular weight excluding hydrogens is 304 g/mol. The number of ether oxygens (including phenoxy) is 1. The fourth-order valence-corrected chi connectivity index (χ4v) is 2.99. The van der Waals surface area contributed by atoms with Crippen molar-refractivity contribution in [2.75, 3.05) is 6.61 Å². The van der Waals surface area contributed by atoms with E-state index in [0.717, 1.165) is 6.42 Å². The van der Waals surface area contributed by atoms with Crippen LogP contribution in [0.2, 0.25) is 0 Å². The molecule has 1 N–H and O–H groups in total. The number of amides is 1. The zero-order chi connectivity index (χ0) is 14.9. The molecule has 0 aromatic carbocycles. The highest BCUT2D eigenvalue weighted by molar-refractivity contribution is 8.13. The predicted octanol–water partition coefficient (Wildman–Crippen LogP) is 1.34. The van der Waals surface area contributed by atoms with Gasteiger partial charge in [0.1, 0.15) is 10.6 Å². The molecule has 0 aliphatic carbocycles. The van der Waals surface area contributed by atoms with Crippen molar-refractivity contribution in [1.82, 2.24) is 9.88 Å². The van der Waals surface area contributed by atoms with Gasteiger partial charge in [-0.25, -0.2) is 8.42 Å². The lowest BCUT2D eigenvalue weighted by Crippen LogP contribution is -2.39. The standard InChI is InChI=1S/C12H17ClN2O4S/c1-3-15-7-9(20(13,17)18)6-11(15)12(16)14-10-4-5-19-8(10)2/h6-8,10H,3-5H2,1-2H3,(H,14,16). The summed E-state index contributed by atoms with van der Waals surface area (Å²) in [5, 5.41) is 2.86. The van der Waals surface area contributed by atoms with Gasteiger partial charge in [0, 0.05) is 30.0 Å². The summed E-state index contributed by atoms with van der Waals surface area (Å²) in [6, 6.07) is 1.24. The number of aromatic nitrogens is 1. The van der Waals surface area contributed by atoms with Crippen molar-refractivity contribution in [3.8, 4) is 0 Å². The van der Waals surface area contributed by atoms with Gasteiger partial charge >= 0.3 is 0 Å². The molecule has 1 aromatic rings. The molecule has 2 unspecified atom stereocenters. The first-order chi connectivity index (χ1) is 9.32. The summed E-state index contributed by atoms with van der Waals surface area (Å²) in [4.78, 5) is 12.2. The number of nitrogens with zero attached hydrogens (tertiary/aromatic N) is 1. The van der Waals surface area contributed by atoms with E-state index in [4.69, 9.17) is 15.4 Å². The normalized spacial score (nSPS) is 22.9. The maximum Gasteiger partial charge on any atom is 0.268 e. The van der Waals surface area contributed by atoms with Crippen LogP contribution < -0.4 is 5.32 Å². The van der Waals surface area contributed by atoms with Crippen molar-refractivity contribution in [3.05, 3.63) is 18.0 Å². The number of rotatable bonds is 4. The van der Waals surface area contributed by atoms with Gasteiger partial charge in [0.2, 0.25) is 0 Å². The van der Waals surface area contributed by atoms with Crippen LogP contribution in [-0.2, 0) is 20.3 Å². The van der Waals surface area contributed by atoms with E-state index in [1.54, 1.807) is 4.57 Å². The Morgan fingerprint density at radius 2 is 2.30 bits per heavy atom. The number of hydrogen-bond donors (Lipinski definition) is 1. The number of carbonyl (C=O) groups is 1. The maximum absolute atomic E-state index is 12.2. The number of carbonyl (C=O) groups excluding carboxylic acids is 1. The molecule has 6 nitrogen and oxygen atoms in total. The van der Waals surface area contributed by atoms with Crippen molar-refractivity contribution >= 4 is 25.6 Å². The zero-order valence-corrected chi connectivity index (χ0v) is 12.9. The van der Waals surface area contributed by atoms with E-state index in [1.807, 2.05) is 13.8 Å². The minimum atomic E-state index is -3.84. The largest absolute Gasteiger partial charge is 0.376 e. The lowest BCUT2D eigenvalue weighted by Gasteiger charge is -2.16. The van der Waals surface area contributed by atoms with Crippen LogP contribution in [0.4, 0.5) is 0 Å². The van der Waals surface area contributed by atoms with Gasteiger partial charge in [0.05, 0.1) is 12.1 Å². The van der Waals surface area contributed by atoms with Gasteiger partial charge in [-0.2, -0.15) is 0 Å². The first-order valence-corrected chi connectivity index (χ1v) is 8.71. The molecule has 1 fully saturated rings. The Morgan fingerprint density at radius 1 is 1.60 bits per heavy atom. The summed E-state index contributed by atoms with van der Waals surface area (Å²) in [5.41, 5.74) is 0.283. The van der Waals surface area contributed by atoms with E-state index >= 15 is 0 Å². The average molecular weight is 321 g/mol. The molecule has 2 atom stereocenters.